The predicted octanol–water partition coefficient (Wildman–Crippen LogP) is 1.95. The van der Waals surface area contributed by atoms with Crippen molar-refractivity contribution in [3.05, 3.63) is 0 Å². The van der Waals surface area contributed by atoms with Crippen LogP contribution < -0.4 is 0 Å². The molecule has 0 unspecified atom stereocenters. The molecule has 1 aliphatic rings. The molecule has 11 heavy (non-hydrogen) atoms. The second-order valence-electron chi connectivity index (χ2n) is 3.45. The molecule has 2 heteroatoms. The van der Waals surface area contributed by atoms with Crippen LogP contribution in [0, 0.1) is 5.92 Å². The van der Waals surface area contributed by atoms with Crippen molar-refractivity contribution < 1.29 is 0 Å². The fraction of sp³-hybridized carbons (Fsp3) is 0.778. The zero-order valence-electron chi connectivity index (χ0n) is 7.76. The van der Waals surface area contributed by atoms with Gasteiger partial charge in [0.2, 0.25) is 0 Å². The van der Waals surface area contributed by atoms with Crippen molar-refractivity contribution in [2.75, 3.05) is 6.54 Å². The minimum atomic E-state index is 0.415. The molecule has 0 fully saturated rings. The van der Waals surface area contributed by atoms with Crippen molar-refractivity contribution in [1.29, 1.82) is 0 Å². The Morgan fingerprint density at radius 2 is 1.91 bits per heavy atom. The first-order valence-electron chi connectivity index (χ1n) is 4.17. The van der Waals surface area contributed by atoms with Gasteiger partial charge in [0.1, 0.15) is 0 Å². The van der Waals surface area contributed by atoms with Crippen LogP contribution in [0.3, 0.4) is 0 Å². The molecule has 0 aromatic carbocycles. The Kier molecular flexibility index (Phi) is 2.42. The third-order valence-electron chi connectivity index (χ3n) is 2.17. The van der Waals surface area contributed by atoms with Crippen LogP contribution in [0.1, 0.15) is 27.7 Å². The molecule has 0 saturated heterocycles. The maximum atomic E-state index is 4.55. The van der Waals surface area contributed by atoms with E-state index in [9.17, 15) is 0 Å². The molecule has 0 aromatic rings. The average Bonchev–Trinajstić information content (AvgIpc) is 1.94. The summed E-state index contributed by atoms with van der Waals surface area (Å²) < 4.78 is 0. The van der Waals surface area contributed by atoms with Crippen molar-refractivity contribution in [1.82, 2.24) is 0 Å². The van der Waals surface area contributed by atoms with Crippen LogP contribution in [-0.4, -0.2) is 24.0 Å². The molecule has 1 atom stereocenters. The van der Waals surface area contributed by atoms with Crippen LogP contribution >= 0.6 is 0 Å². The first kappa shape index (κ1) is 8.44. The van der Waals surface area contributed by atoms with E-state index in [0.29, 0.717) is 12.0 Å². The van der Waals surface area contributed by atoms with E-state index in [0.717, 1.165) is 18.0 Å². The topological polar surface area (TPSA) is 24.7 Å². The van der Waals surface area contributed by atoms with E-state index in [4.69, 9.17) is 0 Å². The SMILES string of the molecule is CC1=NC[C@@H](C(C)C)N=C1C. The normalized spacial score (nSPS) is 25.0. The van der Waals surface area contributed by atoms with Gasteiger partial charge in [-0.2, -0.15) is 0 Å². The summed E-state index contributed by atoms with van der Waals surface area (Å²) in [5.41, 5.74) is 2.21. The maximum absolute atomic E-state index is 4.55. The van der Waals surface area contributed by atoms with E-state index in [-0.39, 0.29) is 0 Å². The lowest BCUT2D eigenvalue weighted by molar-refractivity contribution is 0.502. The Balaban J connectivity index is 2.69. The van der Waals surface area contributed by atoms with Gasteiger partial charge in [0.15, 0.2) is 0 Å². The number of aliphatic imine (C=N–C) groups is 2. The first-order valence-corrected chi connectivity index (χ1v) is 4.17. The second kappa shape index (κ2) is 3.16. The van der Waals surface area contributed by atoms with Gasteiger partial charge in [0.05, 0.1) is 24.0 Å². The van der Waals surface area contributed by atoms with Gasteiger partial charge in [-0.3, -0.25) is 9.98 Å². The molecule has 0 aliphatic carbocycles. The summed E-state index contributed by atoms with van der Waals surface area (Å²) in [5.74, 6) is 0.613. The summed E-state index contributed by atoms with van der Waals surface area (Å²) in [7, 11) is 0. The van der Waals surface area contributed by atoms with Crippen LogP contribution in [0.4, 0.5) is 0 Å². The van der Waals surface area contributed by atoms with Crippen LogP contribution in [0.15, 0.2) is 9.98 Å². The molecule has 0 spiro atoms. The third kappa shape index (κ3) is 1.88. The van der Waals surface area contributed by atoms with Crippen LogP contribution in [0.5, 0.6) is 0 Å². The summed E-state index contributed by atoms with van der Waals surface area (Å²) in [6, 6.07) is 0.415. The van der Waals surface area contributed by atoms with Gasteiger partial charge < -0.3 is 0 Å². The Morgan fingerprint density at radius 1 is 1.27 bits per heavy atom. The molecule has 0 N–H and O–H groups in total. The molecule has 0 saturated carbocycles. The molecule has 1 aliphatic heterocycles. The van der Waals surface area contributed by atoms with Crippen LogP contribution in [0.2, 0.25) is 0 Å². The fourth-order valence-electron chi connectivity index (χ4n) is 1.09. The van der Waals surface area contributed by atoms with Gasteiger partial charge in [-0.05, 0) is 19.8 Å². The molecule has 62 valence electrons. The zero-order chi connectivity index (χ0) is 8.43. The lowest BCUT2D eigenvalue weighted by Gasteiger charge is -2.19. The number of rotatable bonds is 1. The van der Waals surface area contributed by atoms with E-state index in [2.05, 4.69) is 23.8 Å². The van der Waals surface area contributed by atoms with E-state index in [1.165, 1.54) is 0 Å². The highest BCUT2D eigenvalue weighted by molar-refractivity contribution is 6.40. The van der Waals surface area contributed by atoms with Gasteiger partial charge in [0.25, 0.3) is 0 Å². The molecule has 2 nitrogen and oxygen atoms in total. The fourth-order valence-corrected chi connectivity index (χ4v) is 1.09. The molecule has 1 heterocycles. The van der Waals surface area contributed by atoms with E-state index in [1.54, 1.807) is 0 Å². The van der Waals surface area contributed by atoms with E-state index >= 15 is 0 Å². The monoisotopic (exact) mass is 152 g/mol. The van der Waals surface area contributed by atoms with Crippen molar-refractivity contribution in [2.24, 2.45) is 15.9 Å². The molecular weight excluding hydrogens is 136 g/mol. The lowest BCUT2D eigenvalue weighted by atomic mass is 10.0. The predicted molar refractivity (Wildman–Crippen MR) is 49.7 cm³/mol. The van der Waals surface area contributed by atoms with Gasteiger partial charge in [0, 0.05) is 0 Å². The van der Waals surface area contributed by atoms with Crippen LogP contribution in [-0.2, 0) is 0 Å². The minimum absolute atomic E-state index is 0.415. The van der Waals surface area contributed by atoms with E-state index in [1.807, 2.05) is 13.8 Å². The first-order chi connectivity index (χ1) is 5.11. The van der Waals surface area contributed by atoms with Crippen molar-refractivity contribution in [3.8, 4) is 0 Å². The molecule has 0 radical (unpaired) electrons. The smallest absolute Gasteiger partial charge is 0.0721 e. The minimum Gasteiger partial charge on any atom is -0.286 e. The van der Waals surface area contributed by atoms with Crippen molar-refractivity contribution >= 4 is 11.4 Å². The Hall–Kier alpha value is -0.660. The summed E-state index contributed by atoms with van der Waals surface area (Å²) in [4.78, 5) is 8.95. The zero-order valence-corrected chi connectivity index (χ0v) is 7.76. The highest BCUT2D eigenvalue weighted by atomic mass is 14.9. The number of hydrogen-bond donors (Lipinski definition) is 0. The molecule has 1 rings (SSSR count). The van der Waals surface area contributed by atoms with Gasteiger partial charge in [-0.25, -0.2) is 0 Å². The molecule has 0 amide bonds. The molecule has 0 bridgehead atoms. The number of hydrogen-bond acceptors (Lipinski definition) is 2. The summed E-state index contributed by atoms with van der Waals surface area (Å²) in [6.45, 7) is 9.32. The maximum Gasteiger partial charge on any atom is 0.0721 e. The van der Waals surface area contributed by atoms with E-state index < -0.39 is 0 Å². The van der Waals surface area contributed by atoms with Gasteiger partial charge in [-0.1, -0.05) is 13.8 Å². The van der Waals surface area contributed by atoms with Crippen LogP contribution in [0.25, 0.3) is 0 Å². The Morgan fingerprint density at radius 3 is 2.36 bits per heavy atom. The summed E-state index contributed by atoms with van der Waals surface area (Å²) >= 11 is 0. The number of nitrogens with zero attached hydrogens (tertiary/aromatic N) is 2. The summed E-state index contributed by atoms with van der Waals surface area (Å²) in [5, 5.41) is 0. The Labute approximate surface area is 68.4 Å². The summed E-state index contributed by atoms with van der Waals surface area (Å²) in [6.07, 6.45) is 0. The standard InChI is InChI=1S/C9H16N2/c1-6(2)9-5-10-7(3)8(4)11-9/h6,9H,5H2,1-4H3/t9-/m0/s1. The highest BCUT2D eigenvalue weighted by Gasteiger charge is 2.15. The van der Waals surface area contributed by atoms with Crippen molar-refractivity contribution in [2.45, 2.75) is 33.7 Å². The molecule has 0 aromatic heterocycles. The van der Waals surface area contributed by atoms with Gasteiger partial charge >= 0.3 is 0 Å². The quantitative estimate of drug-likeness (QED) is 0.548. The Bertz CT molecular complexity index is 202. The second-order valence-corrected chi connectivity index (χ2v) is 3.45. The highest BCUT2D eigenvalue weighted by Crippen LogP contribution is 2.11. The largest absolute Gasteiger partial charge is 0.286 e. The van der Waals surface area contributed by atoms with Crippen molar-refractivity contribution in [3.63, 3.8) is 0 Å². The average molecular weight is 152 g/mol. The molecular formula is C9H16N2. The third-order valence-corrected chi connectivity index (χ3v) is 2.17. The van der Waals surface area contributed by atoms with Gasteiger partial charge in [-0.15, -0.1) is 0 Å². The lowest BCUT2D eigenvalue weighted by Crippen LogP contribution is -2.25.